The number of hydrazone groups is 1. The maximum absolute atomic E-state index is 4.74. The van der Waals surface area contributed by atoms with Crippen LogP contribution < -0.4 is 5.43 Å². The minimum Gasteiger partial charge on any atom is -0.354 e. The first kappa shape index (κ1) is 17.1. The molecule has 0 unspecified atom stereocenters. The summed E-state index contributed by atoms with van der Waals surface area (Å²) in [5.41, 5.74) is 8.98. The van der Waals surface area contributed by atoms with Crippen LogP contribution in [0.4, 0.5) is 5.95 Å². The van der Waals surface area contributed by atoms with E-state index in [1.165, 1.54) is 5.56 Å². The van der Waals surface area contributed by atoms with Crippen LogP contribution in [0.1, 0.15) is 11.3 Å². The molecule has 0 saturated heterocycles. The van der Waals surface area contributed by atoms with Crippen molar-refractivity contribution < 1.29 is 0 Å². The lowest BCUT2D eigenvalue weighted by atomic mass is 10.0. The highest BCUT2D eigenvalue weighted by Gasteiger charge is 2.10. The fourth-order valence-electron chi connectivity index (χ4n) is 3.43. The fourth-order valence-corrected chi connectivity index (χ4v) is 3.43. The minimum absolute atomic E-state index is 0.465. The smallest absolute Gasteiger partial charge is 0.244 e. The number of aromatic nitrogens is 3. The van der Waals surface area contributed by atoms with Crippen molar-refractivity contribution in [3.63, 3.8) is 0 Å². The van der Waals surface area contributed by atoms with Gasteiger partial charge < -0.3 is 4.98 Å². The van der Waals surface area contributed by atoms with Crippen LogP contribution in [0, 0.1) is 6.92 Å². The molecule has 0 fully saturated rings. The monoisotopic (exact) mass is 377 g/mol. The second kappa shape index (κ2) is 7.20. The number of para-hydroxylation sites is 1. The van der Waals surface area contributed by atoms with E-state index in [9.17, 15) is 0 Å². The number of rotatable bonds is 4. The number of hydrogen-bond acceptors (Lipinski definition) is 4. The lowest BCUT2D eigenvalue weighted by Gasteiger charge is -2.09. The maximum atomic E-state index is 4.74. The Morgan fingerprint density at radius 2 is 1.72 bits per heavy atom. The normalized spacial score (nSPS) is 11.5. The van der Waals surface area contributed by atoms with Crippen LogP contribution in [0.15, 0.2) is 84.0 Å². The average molecular weight is 377 g/mol. The van der Waals surface area contributed by atoms with Crippen LogP contribution in [0.5, 0.6) is 0 Å². The van der Waals surface area contributed by atoms with Crippen LogP contribution in [-0.4, -0.2) is 21.2 Å². The van der Waals surface area contributed by atoms with Gasteiger partial charge in [0, 0.05) is 21.9 Å². The Hall–Kier alpha value is -3.99. The minimum atomic E-state index is 0.465. The molecule has 3 aromatic carbocycles. The molecule has 0 radical (unpaired) electrons. The molecule has 0 amide bonds. The predicted molar refractivity (Wildman–Crippen MR) is 119 cm³/mol. The average Bonchev–Trinajstić information content (AvgIpc) is 3.17. The molecule has 0 atom stereocenters. The fraction of sp³-hybridized carbons (Fsp3) is 0.0417. The van der Waals surface area contributed by atoms with E-state index in [4.69, 9.17) is 4.98 Å². The highest BCUT2D eigenvalue weighted by molar-refractivity contribution is 5.94. The van der Waals surface area contributed by atoms with Crippen LogP contribution in [-0.2, 0) is 0 Å². The van der Waals surface area contributed by atoms with Crippen LogP contribution in [0.2, 0.25) is 0 Å². The quantitative estimate of drug-likeness (QED) is 0.319. The van der Waals surface area contributed by atoms with Crippen molar-refractivity contribution in [3.05, 3.63) is 90.1 Å². The molecule has 2 N–H and O–H groups in total. The van der Waals surface area contributed by atoms with Gasteiger partial charge in [-0.2, -0.15) is 5.10 Å². The highest BCUT2D eigenvalue weighted by atomic mass is 15.3. The zero-order valence-corrected chi connectivity index (χ0v) is 15.9. The summed E-state index contributed by atoms with van der Waals surface area (Å²) >= 11 is 0. The summed E-state index contributed by atoms with van der Waals surface area (Å²) in [7, 11) is 0. The van der Waals surface area contributed by atoms with Crippen LogP contribution in [0.25, 0.3) is 33.1 Å². The number of nitrogens with one attached hydrogen (secondary N) is 2. The van der Waals surface area contributed by atoms with Crippen molar-refractivity contribution in [1.29, 1.82) is 0 Å². The number of fused-ring (bicyclic) bond motifs is 2. The number of H-pyrrole nitrogens is 1. The Kier molecular flexibility index (Phi) is 4.26. The number of hydrogen-bond donors (Lipinski definition) is 2. The molecule has 0 aliphatic rings. The van der Waals surface area contributed by atoms with Crippen molar-refractivity contribution >= 4 is 34.0 Å². The number of nitrogens with zero attached hydrogens (tertiary/aromatic N) is 3. The molecular formula is C24H19N5. The molecule has 5 aromatic rings. The number of anilines is 1. The van der Waals surface area contributed by atoms with E-state index in [-0.39, 0.29) is 0 Å². The van der Waals surface area contributed by atoms with E-state index in [0.29, 0.717) is 5.95 Å². The Labute approximate surface area is 168 Å². The molecule has 2 heterocycles. The SMILES string of the molecule is Cc1ccc2nc(N/N=C\c3cc4ccccc4[nH]3)nc(-c3ccccc3)c2c1. The van der Waals surface area contributed by atoms with Crippen molar-refractivity contribution in [2.75, 3.05) is 5.43 Å². The van der Waals surface area contributed by atoms with Gasteiger partial charge in [0.25, 0.3) is 0 Å². The van der Waals surface area contributed by atoms with Gasteiger partial charge in [-0.1, -0.05) is 60.2 Å². The first-order valence-electron chi connectivity index (χ1n) is 9.47. The van der Waals surface area contributed by atoms with E-state index in [0.717, 1.165) is 38.8 Å². The zero-order valence-electron chi connectivity index (χ0n) is 15.9. The summed E-state index contributed by atoms with van der Waals surface area (Å²) in [6.45, 7) is 2.07. The van der Waals surface area contributed by atoms with Gasteiger partial charge in [-0.25, -0.2) is 15.4 Å². The van der Waals surface area contributed by atoms with Crippen molar-refractivity contribution in [2.24, 2.45) is 5.10 Å². The standard InChI is InChI=1S/C24H19N5/c1-16-11-12-22-20(13-16)23(17-7-3-2-4-8-17)28-24(27-22)29-25-15-19-14-18-9-5-6-10-21(18)26-19/h2-15,26H,1H3,(H,27,28,29)/b25-15-. The first-order chi connectivity index (χ1) is 14.3. The van der Waals surface area contributed by atoms with E-state index in [2.05, 4.69) is 63.8 Å². The highest BCUT2D eigenvalue weighted by Crippen LogP contribution is 2.28. The van der Waals surface area contributed by atoms with Gasteiger partial charge in [0.05, 0.1) is 23.1 Å². The molecule has 0 aliphatic carbocycles. The number of aryl methyl sites for hydroxylation is 1. The van der Waals surface area contributed by atoms with Crippen molar-refractivity contribution in [1.82, 2.24) is 15.0 Å². The first-order valence-corrected chi connectivity index (χ1v) is 9.47. The Morgan fingerprint density at radius 3 is 2.59 bits per heavy atom. The van der Waals surface area contributed by atoms with Gasteiger partial charge >= 0.3 is 0 Å². The number of benzene rings is 3. The Bertz CT molecular complexity index is 1300. The van der Waals surface area contributed by atoms with Gasteiger partial charge in [0.2, 0.25) is 5.95 Å². The molecule has 0 saturated carbocycles. The molecule has 5 nitrogen and oxygen atoms in total. The summed E-state index contributed by atoms with van der Waals surface area (Å²) in [6, 6.07) is 26.5. The molecule has 29 heavy (non-hydrogen) atoms. The molecule has 140 valence electrons. The maximum Gasteiger partial charge on any atom is 0.244 e. The second-order valence-corrected chi connectivity index (χ2v) is 6.96. The van der Waals surface area contributed by atoms with Crippen molar-refractivity contribution in [2.45, 2.75) is 6.92 Å². The largest absolute Gasteiger partial charge is 0.354 e. The van der Waals surface area contributed by atoms with Gasteiger partial charge in [0.15, 0.2) is 0 Å². The van der Waals surface area contributed by atoms with Gasteiger partial charge in [-0.15, -0.1) is 0 Å². The third kappa shape index (κ3) is 3.46. The zero-order chi connectivity index (χ0) is 19.6. The van der Waals surface area contributed by atoms with Gasteiger partial charge in [0.1, 0.15) is 0 Å². The lowest BCUT2D eigenvalue weighted by molar-refractivity contribution is 1.15. The predicted octanol–water partition coefficient (Wildman–Crippen LogP) is 5.53. The third-order valence-corrected chi connectivity index (χ3v) is 4.82. The van der Waals surface area contributed by atoms with Gasteiger partial charge in [-0.3, -0.25) is 0 Å². The summed E-state index contributed by atoms with van der Waals surface area (Å²) < 4.78 is 0. The molecular weight excluding hydrogens is 358 g/mol. The summed E-state index contributed by atoms with van der Waals surface area (Å²) in [4.78, 5) is 12.7. The molecule has 5 rings (SSSR count). The van der Waals surface area contributed by atoms with Crippen LogP contribution in [0.3, 0.4) is 0 Å². The van der Waals surface area contributed by atoms with Crippen molar-refractivity contribution in [3.8, 4) is 11.3 Å². The molecule has 0 spiro atoms. The summed E-state index contributed by atoms with van der Waals surface area (Å²) in [6.07, 6.45) is 1.74. The molecule has 2 aromatic heterocycles. The van der Waals surface area contributed by atoms with E-state index >= 15 is 0 Å². The second-order valence-electron chi connectivity index (χ2n) is 6.96. The Balaban J connectivity index is 1.50. The molecule has 0 bridgehead atoms. The summed E-state index contributed by atoms with van der Waals surface area (Å²) in [5, 5.41) is 6.51. The topological polar surface area (TPSA) is 66.0 Å². The molecule has 5 heteroatoms. The van der Waals surface area contributed by atoms with Gasteiger partial charge in [-0.05, 0) is 31.2 Å². The van der Waals surface area contributed by atoms with E-state index in [1.807, 2.05) is 42.5 Å². The Morgan fingerprint density at radius 1 is 0.897 bits per heavy atom. The molecule has 0 aliphatic heterocycles. The van der Waals surface area contributed by atoms with Crippen LogP contribution >= 0.6 is 0 Å². The van der Waals surface area contributed by atoms with E-state index < -0.39 is 0 Å². The lowest BCUT2D eigenvalue weighted by Crippen LogP contribution is -2.00. The van der Waals surface area contributed by atoms with E-state index in [1.54, 1.807) is 6.21 Å². The third-order valence-electron chi connectivity index (χ3n) is 4.82. The summed E-state index contributed by atoms with van der Waals surface area (Å²) in [5.74, 6) is 0.465. The number of aromatic amines is 1.